The van der Waals surface area contributed by atoms with E-state index in [-0.39, 0.29) is 5.54 Å². The lowest BCUT2D eigenvalue weighted by atomic mass is 9.93. The average Bonchev–Trinajstić information content (AvgIpc) is 2.52. The van der Waals surface area contributed by atoms with E-state index in [2.05, 4.69) is 30.5 Å². The second kappa shape index (κ2) is 5.25. The molecule has 2 aliphatic rings. The lowest BCUT2D eigenvalue weighted by Crippen LogP contribution is -2.56. The number of hydrogen-bond acceptors (Lipinski definition) is 4. The summed E-state index contributed by atoms with van der Waals surface area (Å²) in [5.41, 5.74) is 6.30. The summed E-state index contributed by atoms with van der Waals surface area (Å²) in [5.74, 6) is 1.19. The molecule has 3 unspecified atom stereocenters. The van der Waals surface area contributed by atoms with Crippen molar-refractivity contribution in [2.75, 3.05) is 32.0 Å². The van der Waals surface area contributed by atoms with Crippen LogP contribution in [0.1, 0.15) is 26.7 Å². The van der Waals surface area contributed by atoms with Gasteiger partial charge in [-0.1, -0.05) is 6.92 Å². The number of nitrogens with zero attached hydrogens (tertiary/aromatic N) is 1. The van der Waals surface area contributed by atoms with Gasteiger partial charge in [-0.15, -0.1) is 0 Å². The largest absolute Gasteiger partial charge is 0.377 e. The van der Waals surface area contributed by atoms with Crippen LogP contribution in [-0.4, -0.2) is 53.8 Å². The van der Waals surface area contributed by atoms with Gasteiger partial charge in [0.2, 0.25) is 0 Å². The smallest absolute Gasteiger partial charge is 0.0674 e. The van der Waals surface area contributed by atoms with E-state index in [0.717, 1.165) is 37.9 Å². The van der Waals surface area contributed by atoms with E-state index in [1.165, 1.54) is 12.2 Å². The Bertz CT molecular complexity index is 239. The van der Waals surface area contributed by atoms with Crippen molar-refractivity contribution in [1.29, 1.82) is 0 Å². The van der Waals surface area contributed by atoms with Crippen LogP contribution >= 0.6 is 11.8 Å². The van der Waals surface area contributed by atoms with Crippen molar-refractivity contribution < 1.29 is 4.74 Å². The van der Waals surface area contributed by atoms with Gasteiger partial charge >= 0.3 is 0 Å². The molecule has 0 bridgehead atoms. The van der Waals surface area contributed by atoms with Gasteiger partial charge in [0.25, 0.3) is 0 Å². The van der Waals surface area contributed by atoms with Gasteiger partial charge in [-0.05, 0) is 19.8 Å². The first-order valence-electron chi connectivity index (χ1n) is 6.34. The van der Waals surface area contributed by atoms with Gasteiger partial charge in [-0.2, -0.15) is 11.8 Å². The van der Waals surface area contributed by atoms with Crippen molar-refractivity contribution in [3.63, 3.8) is 0 Å². The van der Waals surface area contributed by atoms with E-state index in [0.29, 0.717) is 6.10 Å². The minimum absolute atomic E-state index is 0.242. The second-order valence-electron chi connectivity index (χ2n) is 5.24. The Morgan fingerprint density at radius 3 is 2.94 bits per heavy atom. The molecule has 0 amide bonds. The molecule has 2 aliphatic heterocycles. The van der Waals surface area contributed by atoms with Crippen molar-refractivity contribution in [3.8, 4) is 0 Å². The van der Waals surface area contributed by atoms with E-state index in [1.54, 1.807) is 0 Å². The van der Waals surface area contributed by atoms with E-state index in [9.17, 15) is 0 Å². The zero-order valence-electron chi connectivity index (χ0n) is 10.4. The third-order valence-electron chi connectivity index (χ3n) is 3.81. The molecule has 2 rings (SSSR count). The molecule has 4 heteroatoms. The fourth-order valence-corrected chi connectivity index (χ4v) is 4.31. The molecule has 0 aromatic carbocycles. The summed E-state index contributed by atoms with van der Waals surface area (Å²) in [6.07, 6.45) is 2.73. The molecule has 2 heterocycles. The maximum Gasteiger partial charge on any atom is 0.0674 e. The highest BCUT2D eigenvalue weighted by atomic mass is 32.2. The first kappa shape index (κ1) is 12.7. The average molecular weight is 244 g/mol. The fraction of sp³-hybridized carbons (Fsp3) is 1.00. The highest BCUT2D eigenvalue weighted by molar-refractivity contribution is 8.00. The molecular formula is C12H24N2OS. The maximum atomic E-state index is 6.06. The standard InChI is InChI=1S/C12H24N2OS/c1-10-7-14(4-3-5-15-10)12(8-13)6-11(2)16-9-12/h10-11H,3-9,13H2,1-2H3. The minimum Gasteiger partial charge on any atom is -0.377 e. The summed E-state index contributed by atoms with van der Waals surface area (Å²) in [4.78, 5) is 2.60. The molecule has 0 aliphatic carbocycles. The molecule has 2 N–H and O–H groups in total. The van der Waals surface area contributed by atoms with Crippen LogP contribution < -0.4 is 5.73 Å². The molecule has 3 atom stereocenters. The van der Waals surface area contributed by atoms with E-state index in [1.807, 2.05) is 0 Å². The molecule has 2 fully saturated rings. The molecule has 0 spiro atoms. The normalized spacial score (nSPS) is 42.2. The third kappa shape index (κ3) is 2.55. The molecule has 0 saturated carbocycles. The Labute approximate surface area is 103 Å². The lowest BCUT2D eigenvalue weighted by molar-refractivity contribution is 0.0439. The van der Waals surface area contributed by atoms with Crippen LogP contribution in [0.3, 0.4) is 0 Å². The summed E-state index contributed by atoms with van der Waals surface area (Å²) < 4.78 is 5.72. The number of hydrogen-bond donors (Lipinski definition) is 1. The molecule has 0 aromatic heterocycles. The molecule has 2 saturated heterocycles. The molecule has 0 aromatic rings. The van der Waals surface area contributed by atoms with Crippen molar-refractivity contribution in [1.82, 2.24) is 4.90 Å². The summed E-state index contributed by atoms with van der Waals surface area (Å²) in [6, 6.07) is 0. The number of thioether (sulfide) groups is 1. The summed E-state index contributed by atoms with van der Waals surface area (Å²) >= 11 is 2.07. The van der Waals surface area contributed by atoms with Crippen LogP contribution in [0.4, 0.5) is 0 Å². The van der Waals surface area contributed by atoms with Gasteiger partial charge in [0.1, 0.15) is 0 Å². The van der Waals surface area contributed by atoms with Crippen molar-refractivity contribution >= 4 is 11.8 Å². The first-order valence-corrected chi connectivity index (χ1v) is 7.39. The van der Waals surface area contributed by atoms with E-state index < -0.39 is 0 Å². The van der Waals surface area contributed by atoms with Gasteiger partial charge < -0.3 is 10.5 Å². The Kier molecular flexibility index (Phi) is 4.16. The maximum absolute atomic E-state index is 6.06. The third-order valence-corrected chi connectivity index (χ3v) is 5.25. The zero-order chi connectivity index (χ0) is 11.6. The van der Waals surface area contributed by atoms with Crippen molar-refractivity contribution in [3.05, 3.63) is 0 Å². The number of ether oxygens (including phenoxy) is 1. The van der Waals surface area contributed by atoms with Gasteiger partial charge in [0, 0.05) is 42.8 Å². The van der Waals surface area contributed by atoms with Crippen LogP contribution in [0.25, 0.3) is 0 Å². The Morgan fingerprint density at radius 1 is 1.50 bits per heavy atom. The predicted molar refractivity (Wildman–Crippen MR) is 69.9 cm³/mol. The summed E-state index contributed by atoms with van der Waals surface area (Å²) in [6.45, 7) is 8.38. The van der Waals surface area contributed by atoms with Crippen LogP contribution in [0, 0.1) is 0 Å². The number of rotatable bonds is 2. The highest BCUT2D eigenvalue weighted by Crippen LogP contribution is 2.38. The fourth-order valence-electron chi connectivity index (χ4n) is 2.87. The molecule has 3 nitrogen and oxygen atoms in total. The lowest BCUT2D eigenvalue weighted by Gasteiger charge is -2.40. The highest BCUT2D eigenvalue weighted by Gasteiger charge is 2.42. The molecule has 94 valence electrons. The number of nitrogens with two attached hydrogens (primary N) is 1. The summed E-state index contributed by atoms with van der Waals surface area (Å²) in [7, 11) is 0. The van der Waals surface area contributed by atoms with Crippen molar-refractivity contribution in [2.24, 2.45) is 5.73 Å². The zero-order valence-corrected chi connectivity index (χ0v) is 11.3. The predicted octanol–water partition coefficient (Wildman–Crippen LogP) is 1.32. The quantitative estimate of drug-likeness (QED) is 0.795. The molecule has 16 heavy (non-hydrogen) atoms. The van der Waals surface area contributed by atoms with Crippen LogP contribution in [0.5, 0.6) is 0 Å². The Balaban J connectivity index is 2.07. The topological polar surface area (TPSA) is 38.5 Å². The Morgan fingerprint density at radius 2 is 2.31 bits per heavy atom. The minimum atomic E-state index is 0.242. The van der Waals surface area contributed by atoms with Gasteiger partial charge in [-0.3, -0.25) is 4.90 Å². The van der Waals surface area contributed by atoms with E-state index >= 15 is 0 Å². The Hall–Kier alpha value is 0.230. The SMILES string of the molecule is CC1CN(C2(CN)CSC(C)C2)CCCO1. The summed E-state index contributed by atoms with van der Waals surface area (Å²) in [5, 5.41) is 0.753. The van der Waals surface area contributed by atoms with Crippen molar-refractivity contribution in [2.45, 2.75) is 43.6 Å². The second-order valence-corrected chi connectivity index (χ2v) is 6.66. The van der Waals surface area contributed by atoms with E-state index in [4.69, 9.17) is 10.5 Å². The van der Waals surface area contributed by atoms with Gasteiger partial charge in [-0.25, -0.2) is 0 Å². The van der Waals surface area contributed by atoms with Crippen LogP contribution in [-0.2, 0) is 4.74 Å². The van der Waals surface area contributed by atoms with Crippen LogP contribution in [0.15, 0.2) is 0 Å². The monoisotopic (exact) mass is 244 g/mol. The molecular weight excluding hydrogens is 220 g/mol. The van der Waals surface area contributed by atoms with Gasteiger partial charge in [0.05, 0.1) is 6.10 Å². The first-order chi connectivity index (χ1) is 7.66. The molecule has 0 radical (unpaired) electrons. The van der Waals surface area contributed by atoms with Gasteiger partial charge in [0.15, 0.2) is 0 Å². The van der Waals surface area contributed by atoms with Crippen LogP contribution in [0.2, 0.25) is 0 Å².